The molecule has 7 heteroatoms. The van der Waals surface area contributed by atoms with Crippen LogP contribution in [0.2, 0.25) is 0 Å². The summed E-state index contributed by atoms with van der Waals surface area (Å²) in [6.07, 6.45) is 2.32. The van der Waals surface area contributed by atoms with Gasteiger partial charge >= 0.3 is 5.97 Å². The van der Waals surface area contributed by atoms with Crippen LogP contribution in [0, 0.1) is 6.92 Å². The number of hydrogen-bond donors (Lipinski definition) is 2. The number of aryl methyl sites for hydroxylation is 2. The summed E-state index contributed by atoms with van der Waals surface area (Å²) in [6.45, 7) is 11.7. The summed E-state index contributed by atoms with van der Waals surface area (Å²) >= 11 is 0. The summed E-state index contributed by atoms with van der Waals surface area (Å²) in [5, 5.41) is 16.5. The number of nitrogens with one attached hydrogen (secondary N) is 1. The van der Waals surface area contributed by atoms with Gasteiger partial charge in [-0.1, -0.05) is 6.92 Å². The molecule has 0 radical (unpaired) electrons. The van der Waals surface area contributed by atoms with Crippen molar-refractivity contribution in [3.8, 4) is 0 Å². The molecule has 0 fully saturated rings. The average molecular weight is 347 g/mol. The Balaban J connectivity index is 2.21. The van der Waals surface area contributed by atoms with Crippen molar-refractivity contribution in [2.24, 2.45) is 0 Å². The number of hydrogen-bond acceptors (Lipinski definition) is 4. The van der Waals surface area contributed by atoms with Crippen LogP contribution in [0.4, 0.5) is 0 Å². The second-order valence-electron chi connectivity index (χ2n) is 7.09. The topological polar surface area (TPSA) is 97.4 Å². The molecule has 1 unspecified atom stereocenters. The van der Waals surface area contributed by atoms with Gasteiger partial charge < -0.3 is 14.8 Å². The van der Waals surface area contributed by atoms with Crippen molar-refractivity contribution in [2.45, 2.75) is 59.5 Å². The first-order chi connectivity index (χ1) is 11.5. The molecule has 0 aromatic carbocycles. The van der Waals surface area contributed by atoms with Gasteiger partial charge in [0.25, 0.3) is 5.91 Å². The van der Waals surface area contributed by atoms with E-state index in [0.717, 1.165) is 11.3 Å². The van der Waals surface area contributed by atoms with E-state index in [1.54, 1.807) is 6.92 Å². The molecule has 2 heterocycles. The number of aromatic nitrogens is 2. The highest BCUT2D eigenvalue weighted by atomic mass is 16.4. The molecule has 25 heavy (non-hydrogen) atoms. The van der Waals surface area contributed by atoms with E-state index >= 15 is 0 Å². The molecule has 2 rings (SSSR count). The van der Waals surface area contributed by atoms with E-state index in [1.165, 1.54) is 6.07 Å². The van der Waals surface area contributed by atoms with Crippen molar-refractivity contribution in [1.29, 1.82) is 0 Å². The monoisotopic (exact) mass is 347 g/mol. The van der Waals surface area contributed by atoms with Gasteiger partial charge in [0, 0.05) is 24.2 Å². The maximum absolute atomic E-state index is 12.4. The fraction of sp³-hybridized carbons (Fsp3) is 0.500. The van der Waals surface area contributed by atoms with E-state index in [0.29, 0.717) is 12.2 Å². The van der Waals surface area contributed by atoms with Crippen LogP contribution in [0.3, 0.4) is 0 Å². The van der Waals surface area contributed by atoms with Crippen molar-refractivity contribution in [2.75, 3.05) is 0 Å². The van der Waals surface area contributed by atoms with Crippen molar-refractivity contribution in [3.05, 3.63) is 40.6 Å². The highest BCUT2D eigenvalue weighted by Gasteiger charge is 2.23. The van der Waals surface area contributed by atoms with E-state index in [4.69, 9.17) is 9.52 Å². The summed E-state index contributed by atoms with van der Waals surface area (Å²) in [6, 6.07) is 0.987. The standard InChI is InChI=1S/C18H25N3O4/c1-7-14-12(17(23)24)8-15(25-14)16(22)19-10(2)13-9-21(18(4,5)6)20-11(13)3/h8-10H,7H2,1-6H3,(H,19,22)(H,23,24). The van der Waals surface area contributed by atoms with Gasteiger partial charge in [-0.3, -0.25) is 9.48 Å². The molecular formula is C18H25N3O4. The number of nitrogens with zero attached hydrogens (tertiary/aromatic N) is 2. The van der Waals surface area contributed by atoms with E-state index in [2.05, 4.69) is 31.2 Å². The highest BCUT2D eigenvalue weighted by molar-refractivity contribution is 5.96. The zero-order valence-corrected chi connectivity index (χ0v) is 15.5. The molecule has 0 aliphatic carbocycles. The second kappa shape index (κ2) is 6.74. The molecule has 0 aliphatic rings. The summed E-state index contributed by atoms with van der Waals surface area (Å²) in [5.74, 6) is -1.25. The maximum Gasteiger partial charge on any atom is 0.339 e. The Morgan fingerprint density at radius 3 is 2.48 bits per heavy atom. The van der Waals surface area contributed by atoms with Crippen LogP contribution >= 0.6 is 0 Å². The van der Waals surface area contributed by atoms with Crippen LogP contribution in [0.1, 0.15) is 78.6 Å². The Bertz CT molecular complexity index is 796. The Hall–Kier alpha value is -2.57. The van der Waals surface area contributed by atoms with Crippen LogP contribution in [-0.2, 0) is 12.0 Å². The van der Waals surface area contributed by atoms with Gasteiger partial charge in [0.2, 0.25) is 0 Å². The molecule has 0 bridgehead atoms. The molecule has 2 N–H and O–H groups in total. The van der Waals surface area contributed by atoms with Gasteiger partial charge in [0.15, 0.2) is 5.76 Å². The second-order valence-corrected chi connectivity index (χ2v) is 7.09. The molecule has 0 spiro atoms. The number of carbonyl (C=O) groups excluding carboxylic acids is 1. The lowest BCUT2D eigenvalue weighted by atomic mass is 10.1. The van der Waals surface area contributed by atoms with E-state index in [9.17, 15) is 9.59 Å². The number of carboxylic acid groups (broad SMARTS) is 1. The smallest absolute Gasteiger partial charge is 0.339 e. The third-order valence-corrected chi connectivity index (χ3v) is 4.02. The molecule has 0 saturated heterocycles. The zero-order chi connectivity index (χ0) is 18.9. The lowest BCUT2D eigenvalue weighted by Gasteiger charge is -2.19. The van der Waals surface area contributed by atoms with Gasteiger partial charge in [-0.2, -0.15) is 5.10 Å². The molecule has 1 atom stereocenters. The lowest BCUT2D eigenvalue weighted by molar-refractivity contribution is 0.0694. The van der Waals surface area contributed by atoms with Crippen molar-refractivity contribution >= 4 is 11.9 Å². The highest BCUT2D eigenvalue weighted by Crippen LogP contribution is 2.22. The SMILES string of the molecule is CCc1oc(C(=O)NC(C)c2cn(C(C)(C)C)nc2C)cc1C(=O)O. The Labute approximate surface area is 147 Å². The summed E-state index contributed by atoms with van der Waals surface area (Å²) in [7, 11) is 0. The van der Waals surface area contributed by atoms with Crippen molar-refractivity contribution < 1.29 is 19.1 Å². The Morgan fingerprint density at radius 2 is 2.04 bits per heavy atom. The fourth-order valence-corrected chi connectivity index (χ4v) is 2.57. The third-order valence-electron chi connectivity index (χ3n) is 4.02. The summed E-state index contributed by atoms with van der Waals surface area (Å²) in [4.78, 5) is 23.6. The van der Waals surface area contributed by atoms with Crippen molar-refractivity contribution in [1.82, 2.24) is 15.1 Å². The minimum Gasteiger partial charge on any atom is -0.478 e. The van der Waals surface area contributed by atoms with Gasteiger partial charge in [0.1, 0.15) is 11.3 Å². The number of amides is 1. The molecular weight excluding hydrogens is 322 g/mol. The molecule has 7 nitrogen and oxygen atoms in total. The van der Waals surface area contributed by atoms with Crippen LogP contribution in [0.5, 0.6) is 0 Å². The fourth-order valence-electron chi connectivity index (χ4n) is 2.57. The third kappa shape index (κ3) is 3.92. The van der Waals surface area contributed by atoms with Crippen molar-refractivity contribution in [3.63, 3.8) is 0 Å². The molecule has 1 amide bonds. The largest absolute Gasteiger partial charge is 0.478 e. The predicted molar refractivity (Wildman–Crippen MR) is 92.9 cm³/mol. The van der Waals surface area contributed by atoms with E-state index in [1.807, 2.05) is 24.7 Å². The first kappa shape index (κ1) is 18.8. The Morgan fingerprint density at radius 1 is 1.40 bits per heavy atom. The van der Waals surface area contributed by atoms with Gasteiger partial charge in [-0.15, -0.1) is 0 Å². The number of carboxylic acids is 1. The zero-order valence-electron chi connectivity index (χ0n) is 15.5. The first-order valence-electron chi connectivity index (χ1n) is 8.28. The predicted octanol–water partition coefficient (Wildman–Crippen LogP) is 3.29. The van der Waals surface area contributed by atoms with Crippen LogP contribution < -0.4 is 5.32 Å². The first-order valence-corrected chi connectivity index (χ1v) is 8.28. The molecule has 2 aromatic rings. The summed E-state index contributed by atoms with van der Waals surface area (Å²) < 4.78 is 7.27. The van der Waals surface area contributed by atoms with Gasteiger partial charge in [-0.25, -0.2) is 4.79 Å². The quantitative estimate of drug-likeness (QED) is 0.865. The molecule has 0 saturated carbocycles. The summed E-state index contributed by atoms with van der Waals surface area (Å²) in [5.41, 5.74) is 1.61. The van der Waals surface area contributed by atoms with E-state index < -0.39 is 11.9 Å². The molecule has 0 aliphatic heterocycles. The molecule has 136 valence electrons. The minimum absolute atomic E-state index is 0.00182. The number of furan rings is 1. The normalized spacial score (nSPS) is 12.9. The molecule has 2 aromatic heterocycles. The Kier molecular flexibility index (Phi) is 5.06. The number of carbonyl (C=O) groups is 2. The number of rotatable bonds is 5. The van der Waals surface area contributed by atoms with Crippen LogP contribution in [0.25, 0.3) is 0 Å². The van der Waals surface area contributed by atoms with Gasteiger partial charge in [0.05, 0.1) is 17.3 Å². The number of aromatic carboxylic acids is 1. The van der Waals surface area contributed by atoms with Gasteiger partial charge in [-0.05, 0) is 34.6 Å². The van der Waals surface area contributed by atoms with E-state index in [-0.39, 0.29) is 22.9 Å². The minimum atomic E-state index is -1.10. The lowest BCUT2D eigenvalue weighted by Crippen LogP contribution is -2.26. The van der Waals surface area contributed by atoms with Crippen LogP contribution in [-0.4, -0.2) is 26.8 Å². The average Bonchev–Trinajstić information content (AvgIpc) is 3.10. The maximum atomic E-state index is 12.4. The van der Waals surface area contributed by atoms with Crippen LogP contribution in [0.15, 0.2) is 16.7 Å².